The number of hydrogen-bond donors (Lipinski definition) is 2. The van der Waals surface area contributed by atoms with E-state index in [4.69, 9.17) is 4.74 Å². The average molecular weight is 497 g/mol. The van der Waals surface area contributed by atoms with Gasteiger partial charge in [0.1, 0.15) is 6.04 Å². The predicted octanol–water partition coefficient (Wildman–Crippen LogP) is 1.76. The van der Waals surface area contributed by atoms with Crippen molar-refractivity contribution in [2.75, 3.05) is 46.9 Å². The van der Waals surface area contributed by atoms with E-state index in [2.05, 4.69) is 27.7 Å². The Hall–Kier alpha value is -2.71. The molecule has 2 saturated heterocycles. The molecule has 196 valence electrons. The first-order valence-corrected chi connectivity index (χ1v) is 13.2. The molecule has 2 fully saturated rings. The van der Waals surface area contributed by atoms with Gasteiger partial charge >= 0.3 is 0 Å². The number of amides is 3. The summed E-state index contributed by atoms with van der Waals surface area (Å²) < 4.78 is 5.57. The molecule has 3 heterocycles. The summed E-state index contributed by atoms with van der Waals surface area (Å²) in [7, 11) is 3.56. The predicted molar refractivity (Wildman–Crippen MR) is 138 cm³/mol. The Morgan fingerprint density at radius 1 is 1.11 bits per heavy atom. The smallest absolute Gasteiger partial charge is 0.243 e. The van der Waals surface area contributed by atoms with E-state index in [0.29, 0.717) is 45.4 Å². The molecule has 0 radical (unpaired) electrons. The van der Waals surface area contributed by atoms with Gasteiger partial charge in [-0.3, -0.25) is 19.3 Å². The van der Waals surface area contributed by atoms with Crippen LogP contribution in [0.2, 0.25) is 0 Å². The van der Waals surface area contributed by atoms with Gasteiger partial charge in [-0.05, 0) is 43.6 Å². The van der Waals surface area contributed by atoms with E-state index in [9.17, 15) is 14.4 Å². The molecule has 3 aliphatic heterocycles. The largest absolute Gasteiger partial charge is 0.381 e. The highest BCUT2D eigenvalue weighted by Gasteiger charge is 2.41. The van der Waals surface area contributed by atoms with Gasteiger partial charge in [-0.1, -0.05) is 42.5 Å². The van der Waals surface area contributed by atoms with Gasteiger partial charge in [0.05, 0.1) is 12.0 Å². The maximum atomic E-state index is 13.6. The molecule has 1 spiro atoms. The van der Waals surface area contributed by atoms with Crippen LogP contribution in [0.4, 0.5) is 0 Å². The number of fused-ring (bicyclic) bond motifs is 1. The van der Waals surface area contributed by atoms with Gasteiger partial charge in [0.25, 0.3) is 0 Å². The van der Waals surface area contributed by atoms with Crippen LogP contribution in [0.15, 0.2) is 42.5 Å². The van der Waals surface area contributed by atoms with Crippen molar-refractivity contribution < 1.29 is 19.1 Å². The summed E-state index contributed by atoms with van der Waals surface area (Å²) in [5, 5.41) is 6.42. The van der Waals surface area contributed by atoms with E-state index in [-0.39, 0.29) is 29.7 Å². The fourth-order valence-electron chi connectivity index (χ4n) is 5.53. The Morgan fingerprint density at radius 3 is 2.58 bits per heavy atom. The minimum absolute atomic E-state index is 0.000462. The van der Waals surface area contributed by atoms with Crippen LogP contribution in [0.5, 0.6) is 0 Å². The zero-order chi connectivity index (χ0) is 25.5. The molecule has 0 aliphatic carbocycles. The first-order valence-electron chi connectivity index (χ1n) is 13.2. The number of nitrogens with one attached hydrogen (secondary N) is 2. The van der Waals surface area contributed by atoms with Gasteiger partial charge in [-0.25, -0.2) is 0 Å². The van der Waals surface area contributed by atoms with Crippen LogP contribution < -0.4 is 10.6 Å². The molecule has 8 nitrogen and oxygen atoms in total. The number of allylic oxidation sites excluding steroid dienone is 2. The molecule has 3 atom stereocenters. The Kier molecular flexibility index (Phi) is 8.80. The van der Waals surface area contributed by atoms with Gasteiger partial charge in [0.15, 0.2) is 0 Å². The second-order valence-corrected chi connectivity index (χ2v) is 10.7. The van der Waals surface area contributed by atoms with Crippen LogP contribution in [0.1, 0.15) is 37.7 Å². The fraction of sp³-hybridized carbons (Fsp3) is 0.607. The summed E-state index contributed by atoms with van der Waals surface area (Å²) in [6, 6.07) is 9.20. The van der Waals surface area contributed by atoms with Crippen molar-refractivity contribution in [1.29, 1.82) is 0 Å². The topological polar surface area (TPSA) is 91.0 Å². The molecule has 36 heavy (non-hydrogen) atoms. The lowest BCUT2D eigenvalue weighted by atomic mass is 9.75. The summed E-state index contributed by atoms with van der Waals surface area (Å²) in [5.41, 5.74) is 0.457. The van der Waals surface area contributed by atoms with Gasteiger partial charge < -0.3 is 20.3 Å². The van der Waals surface area contributed by atoms with E-state index < -0.39 is 11.5 Å². The minimum Gasteiger partial charge on any atom is -0.381 e. The average Bonchev–Trinajstić information content (AvgIpc) is 2.88. The van der Waals surface area contributed by atoms with Crippen molar-refractivity contribution in [3.05, 3.63) is 48.0 Å². The third kappa shape index (κ3) is 6.53. The van der Waals surface area contributed by atoms with Crippen LogP contribution in [0.3, 0.4) is 0 Å². The molecular formula is C28H40N4O4. The Morgan fingerprint density at radius 2 is 1.86 bits per heavy atom. The lowest BCUT2D eigenvalue weighted by Crippen LogP contribution is -2.58. The Labute approximate surface area is 214 Å². The summed E-state index contributed by atoms with van der Waals surface area (Å²) >= 11 is 0. The number of nitrogens with zero attached hydrogens (tertiary/aromatic N) is 2. The van der Waals surface area contributed by atoms with Crippen LogP contribution in [0.25, 0.3) is 0 Å². The lowest BCUT2D eigenvalue weighted by Gasteiger charge is -2.40. The molecule has 3 aliphatic rings. The number of likely N-dealkylation sites (tertiary alicyclic amines) is 1. The van der Waals surface area contributed by atoms with E-state index in [1.165, 1.54) is 0 Å². The van der Waals surface area contributed by atoms with Crippen molar-refractivity contribution >= 4 is 17.7 Å². The number of likely N-dealkylation sites (N-methyl/N-ethyl adjacent to an activating group) is 1. The Balaban J connectivity index is 1.57. The number of benzene rings is 1. The Bertz CT molecular complexity index is 942. The number of carbonyl (C=O) groups excluding carboxylic acids is 3. The van der Waals surface area contributed by atoms with Crippen LogP contribution in [0, 0.1) is 11.3 Å². The van der Waals surface area contributed by atoms with Crippen LogP contribution in [-0.2, 0) is 25.5 Å². The van der Waals surface area contributed by atoms with Crippen molar-refractivity contribution in [1.82, 2.24) is 20.4 Å². The van der Waals surface area contributed by atoms with Gasteiger partial charge in [-0.2, -0.15) is 0 Å². The fourth-order valence-corrected chi connectivity index (χ4v) is 5.53. The first kappa shape index (κ1) is 26.4. The summed E-state index contributed by atoms with van der Waals surface area (Å²) in [4.78, 5) is 43.3. The van der Waals surface area contributed by atoms with Crippen LogP contribution >= 0.6 is 0 Å². The van der Waals surface area contributed by atoms with Crippen molar-refractivity contribution in [3.8, 4) is 0 Å². The number of rotatable bonds is 4. The highest BCUT2D eigenvalue weighted by molar-refractivity contribution is 5.90. The summed E-state index contributed by atoms with van der Waals surface area (Å²) in [6.07, 6.45) is 8.26. The van der Waals surface area contributed by atoms with Gasteiger partial charge in [-0.15, -0.1) is 0 Å². The van der Waals surface area contributed by atoms with Crippen molar-refractivity contribution in [3.63, 3.8) is 0 Å². The van der Waals surface area contributed by atoms with Crippen molar-refractivity contribution in [2.24, 2.45) is 11.3 Å². The van der Waals surface area contributed by atoms with E-state index >= 15 is 0 Å². The summed E-state index contributed by atoms with van der Waals surface area (Å²) in [6.45, 7) is 3.00. The monoisotopic (exact) mass is 496 g/mol. The maximum absolute atomic E-state index is 13.6. The molecule has 0 saturated carbocycles. The van der Waals surface area contributed by atoms with Gasteiger partial charge in [0, 0.05) is 52.9 Å². The zero-order valence-corrected chi connectivity index (χ0v) is 21.6. The van der Waals surface area contributed by atoms with Crippen LogP contribution in [-0.4, -0.2) is 86.5 Å². The third-order valence-corrected chi connectivity index (χ3v) is 7.95. The van der Waals surface area contributed by atoms with E-state index in [0.717, 1.165) is 31.5 Å². The standard InChI is InChI=1S/C28H40N4O4/c1-31(2)25(33)20-32-15-11-23-22(19-32)10-6-7-12-28(13-16-36-17-14-28)27(35)30-24(26(34)29-23)18-21-8-4-3-5-9-21/h3-9,22-24H,10-20H2,1-2H3,(H,29,34)(H,30,35)/b7-6+/t22-,23+,24+/m1/s1. The molecular weight excluding hydrogens is 456 g/mol. The molecule has 1 aromatic rings. The normalized spacial score (nSPS) is 28.1. The van der Waals surface area contributed by atoms with Gasteiger partial charge in [0.2, 0.25) is 17.7 Å². The SMILES string of the molecule is CN(C)C(=O)CN1CC[C@@H]2NC(=O)[C@H](Cc3ccccc3)NC(=O)C3(C/C=C/C[C@@H]2C1)CCOCC3. The molecule has 1 aromatic carbocycles. The number of ether oxygens (including phenoxy) is 1. The zero-order valence-electron chi connectivity index (χ0n) is 21.6. The molecule has 8 heteroatoms. The number of hydrogen-bond acceptors (Lipinski definition) is 5. The molecule has 0 bridgehead atoms. The lowest BCUT2D eigenvalue weighted by molar-refractivity contribution is -0.140. The molecule has 4 rings (SSSR count). The van der Waals surface area contributed by atoms with E-state index in [1.807, 2.05) is 30.3 Å². The van der Waals surface area contributed by atoms with Crippen molar-refractivity contribution in [2.45, 2.75) is 50.6 Å². The second kappa shape index (κ2) is 12.0. The first-order chi connectivity index (χ1) is 17.4. The second-order valence-electron chi connectivity index (χ2n) is 10.7. The quantitative estimate of drug-likeness (QED) is 0.620. The number of carbonyl (C=O) groups is 3. The molecule has 2 N–H and O–H groups in total. The summed E-state index contributed by atoms with van der Waals surface area (Å²) in [5.74, 6) is 0.104. The molecule has 0 aromatic heterocycles. The molecule has 3 amide bonds. The molecule has 0 unspecified atom stereocenters. The highest BCUT2D eigenvalue weighted by Crippen LogP contribution is 2.36. The third-order valence-electron chi connectivity index (χ3n) is 7.95. The number of piperidine rings is 1. The minimum atomic E-state index is -0.642. The van der Waals surface area contributed by atoms with E-state index in [1.54, 1.807) is 19.0 Å². The highest BCUT2D eigenvalue weighted by atomic mass is 16.5. The maximum Gasteiger partial charge on any atom is 0.243 e.